The molecule has 2 rings (SSSR count). The summed E-state index contributed by atoms with van der Waals surface area (Å²) < 4.78 is 13.0. The summed E-state index contributed by atoms with van der Waals surface area (Å²) in [5.41, 5.74) is 1.99. The maximum Gasteiger partial charge on any atom is 0.163 e. The van der Waals surface area contributed by atoms with Gasteiger partial charge in [0.25, 0.3) is 0 Å². The van der Waals surface area contributed by atoms with Crippen LogP contribution in [0, 0.1) is 5.41 Å². The predicted molar refractivity (Wildman–Crippen MR) is 86.6 cm³/mol. The number of imidazole rings is 1. The van der Waals surface area contributed by atoms with Gasteiger partial charge in [0.05, 0.1) is 31.1 Å². The maximum absolute atomic E-state index is 6.10. The highest BCUT2D eigenvalue weighted by atomic mass is 35.5. The van der Waals surface area contributed by atoms with Crippen molar-refractivity contribution in [3.63, 3.8) is 0 Å². The molecule has 116 valence electrons. The molecule has 1 heterocycles. The van der Waals surface area contributed by atoms with Gasteiger partial charge in [0.2, 0.25) is 0 Å². The van der Waals surface area contributed by atoms with Crippen molar-refractivity contribution in [2.45, 2.75) is 39.6 Å². The molecule has 1 aromatic heterocycles. The van der Waals surface area contributed by atoms with Crippen molar-refractivity contribution in [2.75, 3.05) is 14.2 Å². The second-order valence-electron chi connectivity index (χ2n) is 6.27. The number of halogens is 1. The minimum absolute atomic E-state index is 0.0988. The Morgan fingerprint density at radius 1 is 1.19 bits per heavy atom. The average molecular weight is 311 g/mol. The molecule has 5 heteroatoms. The molecule has 0 aliphatic carbocycles. The van der Waals surface area contributed by atoms with E-state index in [1.165, 1.54) is 0 Å². The van der Waals surface area contributed by atoms with Crippen LogP contribution in [0.3, 0.4) is 0 Å². The number of hydrogen-bond acceptors (Lipinski definition) is 3. The molecular weight excluding hydrogens is 288 g/mol. The van der Waals surface area contributed by atoms with Crippen LogP contribution in [0.1, 0.15) is 39.6 Å². The monoisotopic (exact) mass is 310 g/mol. The van der Waals surface area contributed by atoms with Crippen molar-refractivity contribution in [3.05, 3.63) is 18.0 Å². The average Bonchev–Trinajstić information content (AvgIpc) is 2.80. The molecule has 0 saturated heterocycles. The predicted octanol–water partition coefficient (Wildman–Crippen LogP) is 4.40. The zero-order valence-corrected chi connectivity index (χ0v) is 14.3. The lowest BCUT2D eigenvalue weighted by molar-refractivity contribution is 0.263. The Kier molecular flexibility index (Phi) is 4.38. The fourth-order valence-corrected chi connectivity index (χ4v) is 2.57. The Hall–Kier alpha value is -1.42. The van der Waals surface area contributed by atoms with E-state index in [2.05, 4.69) is 37.2 Å². The van der Waals surface area contributed by atoms with Crippen LogP contribution in [0.15, 0.2) is 12.1 Å². The minimum atomic E-state index is 0.0988. The SMILES string of the molecule is COc1cc2nc(CCl)n(C(C)C(C)(C)C)c2cc1OC. The van der Waals surface area contributed by atoms with Gasteiger partial charge >= 0.3 is 0 Å². The van der Waals surface area contributed by atoms with E-state index < -0.39 is 0 Å². The summed E-state index contributed by atoms with van der Waals surface area (Å²) in [7, 11) is 3.26. The number of fused-ring (bicyclic) bond motifs is 1. The summed E-state index contributed by atoms with van der Waals surface area (Å²) in [6, 6.07) is 4.13. The first-order chi connectivity index (χ1) is 9.83. The summed E-state index contributed by atoms with van der Waals surface area (Å²) in [6.07, 6.45) is 0. The Morgan fingerprint density at radius 3 is 2.24 bits per heavy atom. The molecule has 0 amide bonds. The van der Waals surface area contributed by atoms with Crippen LogP contribution in [0.25, 0.3) is 11.0 Å². The van der Waals surface area contributed by atoms with Crippen molar-refractivity contribution in [2.24, 2.45) is 5.41 Å². The lowest BCUT2D eigenvalue weighted by Gasteiger charge is -2.30. The van der Waals surface area contributed by atoms with Gasteiger partial charge in [-0.2, -0.15) is 0 Å². The van der Waals surface area contributed by atoms with Crippen LogP contribution in [-0.2, 0) is 5.88 Å². The molecule has 0 spiro atoms. The van der Waals surface area contributed by atoms with Gasteiger partial charge in [-0.1, -0.05) is 20.8 Å². The van der Waals surface area contributed by atoms with E-state index in [1.54, 1.807) is 14.2 Å². The molecule has 2 aromatic rings. The fourth-order valence-electron chi connectivity index (χ4n) is 2.39. The van der Waals surface area contributed by atoms with E-state index in [4.69, 9.17) is 21.1 Å². The first-order valence-electron chi connectivity index (χ1n) is 7.02. The largest absolute Gasteiger partial charge is 0.493 e. The summed E-state index contributed by atoms with van der Waals surface area (Å²) in [6.45, 7) is 8.82. The first-order valence-corrected chi connectivity index (χ1v) is 7.55. The van der Waals surface area contributed by atoms with Gasteiger partial charge in [-0.25, -0.2) is 4.98 Å². The van der Waals surface area contributed by atoms with Crippen LogP contribution >= 0.6 is 11.6 Å². The number of methoxy groups -OCH3 is 2. The van der Waals surface area contributed by atoms with Gasteiger partial charge in [0.1, 0.15) is 5.82 Å². The summed E-state index contributed by atoms with van der Waals surface area (Å²) >= 11 is 6.10. The van der Waals surface area contributed by atoms with Crippen LogP contribution < -0.4 is 9.47 Å². The molecule has 1 atom stereocenters. The van der Waals surface area contributed by atoms with E-state index in [-0.39, 0.29) is 11.5 Å². The summed E-state index contributed by atoms with van der Waals surface area (Å²) in [5, 5.41) is 0. The summed E-state index contributed by atoms with van der Waals surface area (Å²) in [5.74, 6) is 2.62. The molecule has 0 saturated carbocycles. The number of ether oxygens (including phenoxy) is 2. The molecule has 0 fully saturated rings. The van der Waals surface area contributed by atoms with Gasteiger partial charge in [0.15, 0.2) is 11.5 Å². The maximum atomic E-state index is 6.10. The lowest BCUT2D eigenvalue weighted by atomic mass is 9.87. The van der Waals surface area contributed by atoms with Crippen molar-refractivity contribution in [3.8, 4) is 11.5 Å². The number of rotatable bonds is 4. The highest BCUT2D eigenvalue weighted by molar-refractivity contribution is 6.16. The van der Waals surface area contributed by atoms with E-state index in [0.29, 0.717) is 17.4 Å². The minimum Gasteiger partial charge on any atom is -0.493 e. The van der Waals surface area contributed by atoms with E-state index >= 15 is 0 Å². The number of hydrogen-bond donors (Lipinski definition) is 0. The third-order valence-corrected chi connectivity index (χ3v) is 4.27. The second kappa shape index (κ2) is 5.76. The highest BCUT2D eigenvalue weighted by Crippen LogP contribution is 2.38. The van der Waals surface area contributed by atoms with Gasteiger partial charge in [-0.3, -0.25) is 0 Å². The number of alkyl halides is 1. The first kappa shape index (κ1) is 16.0. The molecular formula is C16H23ClN2O2. The molecule has 1 unspecified atom stereocenters. The zero-order chi connectivity index (χ0) is 15.8. The molecule has 1 aromatic carbocycles. The second-order valence-corrected chi connectivity index (χ2v) is 6.54. The summed E-state index contributed by atoms with van der Waals surface area (Å²) in [4.78, 5) is 4.65. The number of benzene rings is 1. The van der Waals surface area contributed by atoms with Gasteiger partial charge in [-0.05, 0) is 12.3 Å². The normalized spacial score (nSPS) is 13.5. The molecule has 0 bridgehead atoms. The lowest BCUT2D eigenvalue weighted by Crippen LogP contribution is -2.23. The quantitative estimate of drug-likeness (QED) is 0.785. The third kappa shape index (κ3) is 2.82. The smallest absolute Gasteiger partial charge is 0.163 e. The van der Waals surface area contributed by atoms with Crippen LogP contribution in [0.5, 0.6) is 11.5 Å². The molecule has 0 radical (unpaired) electrons. The Balaban J connectivity index is 2.73. The van der Waals surface area contributed by atoms with Crippen molar-refractivity contribution in [1.82, 2.24) is 9.55 Å². The number of nitrogens with zero attached hydrogens (tertiary/aromatic N) is 2. The van der Waals surface area contributed by atoms with Gasteiger partial charge in [0, 0.05) is 18.2 Å². The topological polar surface area (TPSA) is 36.3 Å². The molecule has 0 N–H and O–H groups in total. The van der Waals surface area contributed by atoms with Crippen molar-refractivity contribution < 1.29 is 9.47 Å². The Morgan fingerprint density at radius 2 is 1.76 bits per heavy atom. The molecule has 21 heavy (non-hydrogen) atoms. The van der Waals surface area contributed by atoms with Gasteiger partial charge < -0.3 is 14.0 Å². The van der Waals surface area contributed by atoms with E-state index in [9.17, 15) is 0 Å². The highest BCUT2D eigenvalue weighted by Gasteiger charge is 2.26. The molecule has 0 aliphatic heterocycles. The van der Waals surface area contributed by atoms with E-state index in [1.807, 2.05) is 12.1 Å². The van der Waals surface area contributed by atoms with Crippen LogP contribution in [0.4, 0.5) is 0 Å². The molecule has 4 nitrogen and oxygen atoms in total. The van der Waals surface area contributed by atoms with Crippen molar-refractivity contribution in [1.29, 1.82) is 0 Å². The van der Waals surface area contributed by atoms with E-state index in [0.717, 1.165) is 16.9 Å². The number of aromatic nitrogens is 2. The zero-order valence-electron chi connectivity index (χ0n) is 13.5. The Labute approximate surface area is 131 Å². The van der Waals surface area contributed by atoms with Crippen molar-refractivity contribution >= 4 is 22.6 Å². The van der Waals surface area contributed by atoms with Gasteiger partial charge in [-0.15, -0.1) is 11.6 Å². The van der Waals surface area contributed by atoms with Crippen LogP contribution in [-0.4, -0.2) is 23.8 Å². The fraction of sp³-hybridized carbons (Fsp3) is 0.562. The molecule has 0 aliphatic rings. The standard InChI is InChI=1S/C16H23ClN2O2/c1-10(16(2,3)4)19-12-8-14(21-6)13(20-5)7-11(12)18-15(19)9-17/h7-8,10H,9H2,1-6H3. The van der Waals surface area contributed by atoms with Crippen LogP contribution in [0.2, 0.25) is 0 Å². The Bertz CT molecular complexity index is 644. The third-order valence-electron chi connectivity index (χ3n) is 4.03.